The average Bonchev–Trinajstić information content (AvgIpc) is 2.34. The third-order valence-corrected chi connectivity index (χ3v) is 2.44. The molecule has 88 valence electrons. The summed E-state index contributed by atoms with van der Waals surface area (Å²) in [5.41, 5.74) is 1.43. The summed E-state index contributed by atoms with van der Waals surface area (Å²) >= 11 is 5.64. The molecule has 0 unspecified atom stereocenters. The van der Waals surface area contributed by atoms with Crippen LogP contribution in [0.4, 0.5) is 4.39 Å². The fourth-order valence-electron chi connectivity index (χ4n) is 1.30. The minimum Gasteiger partial charge on any atom is -0.437 e. The van der Waals surface area contributed by atoms with Crippen molar-refractivity contribution < 1.29 is 9.13 Å². The van der Waals surface area contributed by atoms with Gasteiger partial charge in [0.25, 0.3) is 0 Å². The number of rotatable bonds is 3. The molecule has 0 atom stereocenters. The second-order valence-electron chi connectivity index (χ2n) is 3.49. The molecule has 0 aliphatic rings. The van der Waals surface area contributed by atoms with E-state index in [0.717, 1.165) is 5.56 Å². The summed E-state index contributed by atoms with van der Waals surface area (Å²) in [4.78, 5) is 8.06. The van der Waals surface area contributed by atoms with Crippen molar-refractivity contribution in [3.8, 4) is 11.6 Å². The van der Waals surface area contributed by atoms with E-state index in [0.29, 0.717) is 17.3 Å². The zero-order chi connectivity index (χ0) is 12.3. The first-order chi connectivity index (χ1) is 8.19. The van der Waals surface area contributed by atoms with Gasteiger partial charge in [-0.1, -0.05) is 6.07 Å². The van der Waals surface area contributed by atoms with Gasteiger partial charge in [0.1, 0.15) is 11.6 Å². The van der Waals surface area contributed by atoms with E-state index >= 15 is 0 Å². The van der Waals surface area contributed by atoms with Crippen LogP contribution in [0.3, 0.4) is 0 Å². The first-order valence-corrected chi connectivity index (χ1v) is 5.53. The monoisotopic (exact) mass is 252 g/mol. The molecule has 2 aromatic rings. The van der Waals surface area contributed by atoms with Gasteiger partial charge in [-0.2, -0.15) is 0 Å². The molecule has 0 fully saturated rings. The number of halogens is 2. The molecule has 17 heavy (non-hydrogen) atoms. The van der Waals surface area contributed by atoms with Gasteiger partial charge in [0.05, 0.1) is 17.8 Å². The van der Waals surface area contributed by atoms with E-state index in [4.69, 9.17) is 16.3 Å². The van der Waals surface area contributed by atoms with Crippen molar-refractivity contribution in [1.82, 2.24) is 9.97 Å². The maximum atomic E-state index is 13.1. The Morgan fingerprint density at radius 1 is 1.35 bits per heavy atom. The molecule has 0 saturated carbocycles. The molecule has 0 spiro atoms. The Kier molecular flexibility index (Phi) is 3.54. The van der Waals surface area contributed by atoms with E-state index in [1.54, 1.807) is 12.3 Å². The lowest BCUT2D eigenvalue weighted by Gasteiger charge is -2.07. The van der Waals surface area contributed by atoms with Gasteiger partial charge in [0.15, 0.2) is 0 Å². The third-order valence-electron chi connectivity index (χ3n) is 2.16. The van der Waals surface area contributed by atoms with Gasteiger partial charge in [0.2, 0.25) is 5.88 Å². The minimum absolute atomic E-state index is 0.256. The van der Waals surface area contributed by atoms with E-state index in [-0.39, 0.29) is 11.7 Å². The smallest absolute Gasteiger partial charge is 0.238 e. The predicted octanol–water partition coefficient (Wildman–Crippen LogP) is 3.46. The van der Waals surface area contributed by atoms with Gasteiger partial charge in [-0.15, -0.1) is 11.6 Å². The van der Waals surface area contributed by atoms with Crippen molar-refractivity contribution in [2.24, 2.45) is 0 Å². The zero-order valence-corrected chi connectivity index (χ0v) is 9.91. The lowest BCUT2D eigenvalue weighted by Crippen LogP contribution is -1.95. The van der Waals surface area contributed by atoms with E-state index in [9.17, 15) is 4.39 Å². The molecular formula is C12H10ClFN2O. The number of hydrogen-bond donors (Lipinski definition) is 0. The summed E-state index contributed by atoms with van der Waals surface area (Å²) in [6.07, 6.45) is 3.01. The van der Waals surface area contributed by atoms with Gasteiger partial charge < -0.3 is 4.74 Å². The van der Waals surface area contributed by atoms with E-state index in [2.05, 4.69) is 9.97 Å². The number of aryl methyl sites for hydroxylation is 1. The van der Waals surface area contributed by atoms with Crippen molar-refractivity contribution in [2.45, 2.75) is 12.8 Å². The van der Waals surface area contributed by atoms with Crippen molar-refractivity contribution in [1.29, 1.82) is 0 Å². The largest absolute Gasteiger partial charge is 0.437 e. The third kappa shape index (κ3) is 2.91. The molecule has 0 N–H and O–H groups in total. The Balaban J connectivity index is 2.27. The summed E-state index contributed by atoms with van der Waals surface area (Å²) in [5, 5.41) is 0. The molecule has 1 aromatic carbocycles. The van der Waals surface area contributed by atoms with Crippen LogP contribution in [-0.2, 0) is 5.88 Å². The van der Waals surface area contributed by atoms with Crippen LogP contribution in [0.1, 0.15) is 11.3 Å². The maximum Gasteiger partial charge on any atom is 0.238 e. The Labute approximate surface area is 103 Å². The second-order valence-corrected chi connectivity index (χ2v) is 3.76. The quantitative estimate of drug-likeness (QED) is 0.785. The highest BCUT2D eigenvalue weighted by atomic mass is 35.5. The van der Waals surface area contributed by atoms with Crippen LogP contribution in [0.25, 0.3) is 0 Å². The molecule has 3 nitrogen and oxygen atoms in total. The number of alkyl halides is 1. The molecule has 0 amide bonds. The molecule has 5 heteroatoms. The van der Waals surface area contributed by atoms with Gasteiger partial charge >= 0.3 is 0 Å². The SMILES string of the molecule is Cc1ccc(F)cc1Oc1cncc(CCl)n1. The Hall–Kier alpha value is -1.68. The van der Waals surface area contributed by atoms with Crippen LogP contribution in [0, 0.1) is 12.7 Å². The second kappa shape index (κ2) is 5.10. The number of nitrogens with zero attached hydrogens (tertiary/aromatic N) is 2. The lowest BCUT2D eigenvalue weighted by atomic mass is 10.2. The molecule has 0 aliphatic carbocycles. The highest BCUT2D eigenvalue weighted by molar-refractivity contribution is 6.16. The molecule has 1 aromatic heterocycles. The van der Waals surface area contributed by atoms with E-state index < -0.39 is 0 Å². The van der Waals surface area contributed by atoms with Crippen LogP contribution in [0.2, 0.25) is 0 Å². The van der Waals surface area contributed by atoms with Gasteiger partial charge in [-0.25, -0.2) is 9.37 Å². The Bertz CT molecular complexity index is 534. The molecule has 0 aliphatic heterocycles. The van der Waals surface area contributed by atoms with Crippen LogP contribution < -0.4 is 4.74 Å². The van der Waals surface area contributed by atoms with Crippen molar-refractivity contribution >= 4 is 11.6 Å². The Morgan fingerprint density at radius 2 is 2.18 bits per heavy atom. The molecule has 2 rings (SSSR count). The summed E-state index contributed by atoms with van der Waals surface area (Å²) < 4.78 is 18.5. The highest BCUT2D eigenvalue weighted by Crippen LogP contribution is 2.24. The van der Waals surface area contributed by atoms with Crippen LogP contribution >= 0.6 is 11.6 Å². The van der Waals surface area contributed by atoms with Crippen LogP contribution in [0.5, 0.6) is 11.6 Å². The number of benzene rings is 1. The van der Waals surface area contributed by atoms with Crippen molar-refractivity contribution in [3.63, 3.8) is 0 Å². The molecular weight excluding hydrogens is 243 g/mol. The molecule has 1 heterocycles. The first kappa shape index (κ1) is 11.8. The van der Waals surface area contributed by atoms with E-state index in [1.165, 1.54) is 18.3 Å². The van der Waals surface area contributed by atoms with Gasteiger partial charge in [-0.3, -0.25) is 4.98 Å². The van der Waals surface area contributed by atoms with Crippen molar-refractivity contribution in [2.75, 3.05) is 0 Å². The first-order valence-electron chi connectivity index (χ1n) is 5.00. The topological polar surface area (TPSA) is 35.0 Å². The normalized spacial score (nSPS) is 10.3. The zero-order valence-electron chi connectivity index (χ0n) is 9.15. The fraction of sp³-hybridized carbons (Fsp3) is 0.167. The van der Waals surface area contributed by atoms with Crippen LogP contribution in [-0.4, -0.2) is 9.97 Å². The predicted molar refractivity (Wildman–Crippen MR) is 62.8 cm³/mol. The summed E-state index contributed by atoms with van der Waals surface area (Å²) in [5.74, 6) is 0.627. The number of ether oxygens (including phenoxy) is 1. The van der Waals surface area contributed by atoms with Crippen LogP contribution in [0.15, 0.2) is 30.6 Å². The molecule has 0 bridgehead atoms. The van der Waals surface area contributed by atoms with Gasteiger partial charge in [-0.05, 0) is 18.6 Å². The van der Waals surface area contributed by atoms with Crippen molar-refractivity contribution in [3.05, 3.63) is 47.7 Å². The van der Waals surface area contributed by atoms with Gasteiger partial charge in [0, 0.05) is 12.3 Å². The Morgan fingerprint density at radius 3 is 2.94 bits per heavy atom. The van der Waals surface area contributed by atoms with E-state index in [1.807, 2.05) is 6.92 Å². The summed E-state index contributed by atoms with van der Waals surface area (Å²) in [7, 11) is 0. The number of aromatic nitrogens is 2. The summed E-state index contributed by atoms with van der Waals surface area (Å²) in [6, 6.07) is 4.33. The average molecular weight is 253 g/mol. The molecule has 0 saturated heterocycles. The standard InChI is InChI=1S/C12H10ClFN2O/c1-8-2-3-9(14)4-11(8)17-12-7-15-6-10(5-13)16-12/h2-4,6-7H,5H2,1H3. The maximum absolute atomic E-state index is 13.1. The highest BCUT2D eigenvalue weighted by Gasteiger charge is 2.05. The fourth-order valence-corrected chi connectivity index (χ4v) is 1.43. The number of hydrogen-bond acceptors (Lipinski definition) is 3. The molecule has 0 radical (unpaired) electrons. The lowest BCUT2D eigenvalue weighted by molar-refractivity contribution is 0.450. The minimum atomic E-state index is -0.355. The summed E-state index contributed by atoms with van der Waals surface area (Å²) in [6.45, 7) is 1.83.